The fourth-order valence-corrected chi connectivity index (χ4v) is 2.70. The number of pyridine rings is 1. The van der Waals surface area contributed by atoms with E-state index in [2.05, 4.69) is 22.1 Å². The third-order valence-corrected chi connectivity index (χ3v) is 4.22. The first-order valence-electron chi connectivity index (χ1n) is 9.11. The molecule has 2 aromatic heterocycles. The van der Waals surface area contributed by atoms with Crippen LogP contribution >= 0.6 is 0 Å². The second kappa shape index (κ2) is 9.33. The van der Waals surface area contributed by atoms with E-state index in [1.807, 2.05) is 32.3 Å². The number of unbranched alkanes of at least 4 members (excludes halogenated alkanes) is 1. The van der Waals surface area contributed by atoms with Crippen LogP contribution in [0.3, 0.4) is 0 Å². The highest BCUT2D eigenvalue weighted by Crippen LogP contribution is 2.15. The summed E-state index contributed by atoms with van der Waals surface area (Å²) in [6.07, 6.45) is 4.58. The molecule has 2 aromatic rings. The maximum Gasteiger partial charge on any atom is 0.289 e. The van der Waals surface area contributed by atoms with Gasteiger partial charge in [0.15, 0.2) is 5.69 Å². The Morgan fingerprint density at radius 2 is 1.92 bits per heavy atom. The molecule has 0 spiro atoms. The average molecular weight is 359 g/mol. The molecule has 0 bridgehead atoms. The largest absolute Gasteiger partial charge is 0.351 e. The second-order valence-electron chi connectivity index (χ2n) is 6.73. The fraction of sp³-hybridized carbons (Fsp3) is 0.526. The molecule has 2 rings (SSSR count). The van der Waals surface area contributed by atoms with Crippen molar-refractivity contribution in [1.29, 1.82) is 0 Å². The van der Waals surface area contributed by atoms with E-state index in [1.165, 1.54) is 0 Å². The van der Waals surface area contributed by atoms with Gasteiger partial charge in [0.1, 0.15) is 0 Å². The summed E-state index contributed by atoms with van der Waals surface area (Å²) in [4.78, 5) is 33.4. The molecule has 0 aliphatic carbocycles. The van der Waals surface area contributed by atoms with E-state index < -0.39 is 0 Å². The maximum absolute atomic E-state index is 12.7. The number of nitrogens with zero attached hydrogens (tertiary/aromatic N) is 4. The molecule has 142 valence electrons. The minimum absolute atomic E-state index is 0.175. The smallest absolute Gasteiger partial charge is 0.289 e. The molecule has 0 unspecified atom stereocenters. The van der Waals surface area contributed by atoms with Crippen LogP contribution in [0.15, 0.2) is 24.4 Å². The highest BCUT2D eigenvalue weighted by atomic mass is 16.2. The fourth-order valence-electron chi connectivity index (χ4n) is 2.70. The zero-order valence-corrected chi connectivity index (χ0v) is 16.2. The van der Waals surface area contributed by atoms with Gasteiger partial charge >= 0.3 is 0 Å². The van der Waals surface area contributed by atoms with Crippen LogP contribution < -0.4 is 5.32 Å². The van der Waals surface area contributed by atoms with Gasteiger partial charge in [0, 0.05) is 26.3 Å². The molecule has 0 saturated carbocycles. The highest BCUT2D eigenvalue weighted by molar-refractivity contribution is 6.02. The molecule has 0 saturated heterocycles. The van der Waals surface area contributed by atoms with E-state index in [0.29, 0.717) is 24.3 Å². The number of nitrogens with one attached hydrogen (secondary N) is 1. The summed E-state index contributed by atoms with van der Waals surface area (Å²) in [5.41, 5.74) is 0.938. The highest BCUT2D eigenvalue weighted by Gasteiger charge is 2.23. The van der Waals surface area contributed by atoms with Gasteiger partial charge in [-0.25, -0.2) is 4.98 Å². The van der Waals surface area contributed by atoms with Gasteiger partial charge in [0.2, 0.25) is 5.82 Å². The van der Waals surface area contributed by atoms with E-state index in [4.69, 9.17) is 0 Å². The van der Waals surface area contributed by atoms with Crippen molar-refractivity contribution in [2.45, 2.75) is 26.2 Å². The minimum Gasteiger partial charge on any atom is -0.351 e. The van der Waals surface area contributed by atoms with E-state index in [0.717, 1.165) is 25.8 Å². The Morgan fingerprint density at radius 3 is 2.62 bits per heavy atom. The van der Waals surface area contributed by atoms with Crippen LogP contribution in [0.1, 0.15) is 47.3 Å². The third kappa shape index (κ3) is 4.82. The minimum atomic E-state index is -0.247. The van der Waals surface area contributed by atoms with Crippen molar-refractivity contribution in [1.82, 2.24) is 24.5 Å². The number of amides is 2. The summed E-state index contributed by atoms with van der Waals surface area (Å²) in [5, 5.41) is 2.90. The van der Waals surface area contributed by atoms with E-state index in [-0.39, 0.29) is 17.6 Å². The third-order valence-electron chi connectivity index (χ3n) is 4.22. The van der Waals surface area contributed by atoms with Crippen molar-refractivity contribution in [2.24, 2.45) is 0 Å². The Labute approximate surface area is 155 Å². The predicted molar refractivity (Wildman–Crippen MR) is 103 cm³/mol. The Kier molecular flexibility index (Phi) is 7.15. The molecular weight excluding hydrogens is 330 g/mol. The van der Waals surface area contributed by atoms with Gasteiger partial charge in [-0.1, -0.05) is 19.4 Å². The van der Waals surface area contributed by atoms with E-state index >= 15 is 0 Å². The van der Waals surface area contributed by atoms with Crippen LogP contribution in [-0.2, 0) is 0 Å². The molecule has 7 heteroatoms. The first-order valence-corrected chi connectivity index (χ1v) is 9.11. The number of aromatic nitrogens is 2. The van der Waals surface area contributed by atoms with Crippen LogP contribution in [0.4, 0.5) is 0 Å². The number of carbonyl (C=O) groups is 2. The van der Waals surface area contributed by atoms with Gasteiger partial charge in [-0.05, 0) is 45.6 Å². The lowest BCUT2D eigenvalue weighted by Gasteiger charge is -2.15. The van der Waals surface area contributed by atoms with Crippen molar-refractivity contribution in [3.05, 3.63) is 35.9 Å². The van der Waals surface area contributed by atoms with Crippen LogP contribution in [-0.4, -0.2) is 71.8 Å². The van der Waals surface area contributed by atoms with E-state index in [1.54, 1.807) is 22.5 Å². The molecule has 7 nitrogen and oxygen atoms in total. The van der Waals surface area contributed by atoms with Crippen LogP contribution in [0.5, 0.6) is 0 Å². The lowest BCUT2D eigenvalue weighted by Crippen LogP contribution is -2.30. The monoisotopic (exact) mass is 359 g/mol. The number of rotatable bonds is 9. The van der Waals surface area contributed by atoms with Crippen molar-refractivity contribution in [3.63, 3.8) is 0 Å². The zero-order valence-electron chi connectivity index (χ0n) is 16.2. The predicted octanol–water partition coefficient (Wildman–Crippen LogP) is 1.89. The van der Waals surface area contributed by atoms with Gasteiger partial charge in [-0.3, -0.25) is 14.0 Å². The van der Waals surface area contributed by atoms with Crippen LogP contribution in [0.2, 0.25) is 0 Å². The normalized spacial score (nSPS) is 11.1. The van der Waals surface area contributed by atoms with E-state index in [9.17, 15) is 9.59 Å². The number of fused-ring (bicyclic) bond motifs is 1. The Bertz CT molecular complexity index is 753. The Morgan fingerprint density at radius 1 is 1.15 bits per heavy atom. The van der Waals surface area contributed by atoms with Gasteiger partial charge in [0.25, 0.3) is 11.8 Å². The summed E-state index contributed by atoms with van der Waals surface area (Å²) >= 11 is 0. The van der Waals surface area contributed by atoms with Gasteiger partial charge in [-0.15, -0.1) is 0 Å². The molecule has 0 atom stereocenters. The van der Waals surface area contributed by atoms with Crippen molar-refractivity contribution < 1.29 is 9.59 Å². The molecule has 26 heavy (non-hydrogen) atoms. The van der Waals surface area contributed by atoms with Crippen LogP contribution in [0.25, 0.3) is 5.52 Å². The second-order valence-corrected chi connectivity index (χ2v) is 6.73. The molecule has 1 N–H and O–H groups in total. The number of carbonyl (C=O) groups excluding carboxylic acids is 2. The van der Waals surface area contributed by atoms with Crippen molar-refractivity contribution >= 4 is 17.3 Å². The summed E-state index contributed by atoms with van der Waals surface area (Å²) in [7, 11) is 5.76. The number of imidazole rings is 1. The molecule has 2 amide bonds. The average Bonchev–Trinajstić information content (AvgIpc) is 3.02. The molecule has 0 aliphatic heterocycles. The van der Waals surface area contributed by atoms with Gasteiger partial charge in [-0.2, -0.15) is 0 Å². The van der Waals surface area contributed by atoms with Crippen molar-refractivity contribution in [3.8, 4) is 0 Å². The molecule has 0 radical (unpaired) electrons. The lowest BCUT2D eigenvalue weighted by atomic mass is 10.3. The first kappa shape index (κ1) is 19.9. The summed E-state index contributed by atoms with van der Waals surface area (Å²) in [6.45, 7) is 4.23. The van der Waals surface area contributed by atoms with Crippen molar-refractivity contribution in [2.75, 3.05) is 40.8 Å². The van der Waals surface area contributed by atoms with Gasteiger partial charge in [0.05, 0.1) is 5.52 Å². The number of hydrogen-bond acceptors (Lipinski definition) is 4. The number of hydrogen-bond donors (Lipinski definition) is 1. The maximum atomic E-state index is 12.7. The van der Waals surface area contributed by atoms with Gasteiger partial charge < -0.3 is 15.1 Å². The zero-order chi connectivity index (χ0) is 19.1. The Balaban J connectivity index is 2.20. The molecule has 0 aliphatic rings. The standard InChI is InChI=1S/C19H29N5O2/c1-5-6-13-23(4)19(26)17-21-16(15-10-7-8-14-24(15)17)18(25)20-11-9-12-22(2)3/h7-8,10,14H,5-6,9,11-13H2,1-4H3,(H,20,25). The topological polar surface area (TPSA) is 70.0 Å². The first-order chi connectivity index (χ1) is 12.5. The summed E-state index contributed by atoms with van der Waals surface area (Å²) in [6, 6.07) is 5.48. The SMILES string of the molecule is CCCCN(C)C(=O)c1nc(C(=O)NCCCN(C)C)c2ccccn12. The molecular formula is C19H29N5O2. The Hall–Kier alpha value is -2.41. The molecule has 0 aromatic carbocycles. The lowest BCUT2D eigenvalue weighted by molar-refractivity contribution is 0.0780. The van der Waals surface area contributed by atoms with Crippen LogP contribution in [0, 0.1) is 0 Å². The molecule has 2 heterocycles. The quantitative estimate of drug-likeness (QED) is 0.694. The summed E-state index contributed by atoms with van der Waals surface area (Å²) < 4.78 is 1.69. The molecule has 0 fully saturated rings. The summed E-state index contributed by atoms with van der Waals surface area (Å²) in [5.74, 6) is -0.147.